The van der Waals surface area contributed by atoms with Crippen molar-refractivity contribution in [3.05, 3.63) is 54.1 Å². The molecule has 2 aromatic rings. The van der Waals surface area contributed by atoms with Crippen LogP contribution in [0.25, 0.3) is 0 Å². The van der Waals surface area contributed by atoms with E-state index in [-0.39, 0.29) is 0 Å². The Hall–Kier alpha value is -2.16. The number of ether oxygens (including phenoxy) is 2. The van der Waals surface area contributed by atoms with Crippen LogP contribution in [0.2, 0.25) is 0 Å². The molecule has 2 aromatic carbocycles. The van der Waals surface area contributed by atoms with Gasteiger partial charge in [0.2, 0.25) is 0 Å². The molecule has 0 heterocycles. The minimum Gasteiger partial charge on any atom is -0.496 e. The highest BCUT2D eigenvalue weighted by Gasteiger charge is 2.01. The van der Waals surface area contributed by atoms with E-state index in [9.17, 15) is 0 Å². The zero-order chi connectivity index (χ0) is 13.5. The number of hydrogen-bond acceptors (Lipinski definition) is 3. The van der Waals surface area contributed by atoms with Gasteiger partial charge in [0.25, 0.3) is 0 Å². The molecule has 0 unspecified atom stereocenters. The second-order valence-corrected chi connectivity index (χ2v) is 4.33. The van der Waals surface area contributed by atoms with Crippen LogP contribution in [0, 0.1) is 0 Å². The molecule has 0 fully saturated rings. The van der Waals surface area contributed by atoms with E-state index >= 15 is 0 Å². The largest absolute Gasteiger partial charge is 0.496 e. The third kappa shape index (κ3) is 3.91. The lowest BCUT2D eigenvalue weighted by Crippen LogP contribution is -2.00. The van der Waals surface area contributed by atoms with Crippen molar-refractivity contribution in [1.29, 1.82) is 0 Å². The summed E-state index contributed by atoms with van der Waals surface area (Å²) in [7, 11) is 1.70. The molecule has 0 atom stereocenters. The molecular weight excluding hydrogens is 238 g/mol. The van der Waals surface area contributed by atoms with Crippen molar-refractivity contribution in [3.8, 4) is 11.5 Å². The highest BCUT2D eigenvalue weighted by atomic mass is 16.5. The number of aryl methyl sites for hydroxylation is 1. The maximum absolute atomic E-state index is 5.66. The van der Waals surface area contributed by atoms with Gasteiger partial charge in [-0.05, 0) is 48.7 Å². The molecule has 0 saturated heterocycles. The molecule has 0 aliphatic rings. The number of anilines is 1. The van der Waals surface area contributed by atoms with Crippen molar-refractivity contribution in [1.82, 2.24) is 0 Å². The summed E-state index contributed by atoms with van der Waals surface area (Å²) in [6.07, 6.45) is 1.89. The van der Waals surface area contributed by atoms with Crippen molar-refractivity contribution >= 4 is 5.69 Å². The maximum atomic E-state index is 5.66. The standard InChI is InChI=1S/C16H19NO2/c1-18-16-7-3-2-5-13(16)6-4-12-19-15-10-8-14(17)9-11-15/h2-3,5,7-11H,4,6,12,17H2,1H3. The summed E-state index contributed by atoms with van der Waals surface area (Å²) in [5, 5.41) is 0. The van der Waals surface area contributed by atoms with Crippen molar-refractivity contribution in [3.63, 3.8) is 0 Å². The van der Waals surface area contributed by atoms with Crippen LogP contribution in [-0.2, 0) is 6.42 Å². The first-order valence-corrected chi connectivity index (χ1v) is 6.40. The Balaban J connectivity index is 1.79. The van der Waals surface area contributed by atoms with E-state index in [0.717, 1.165) is 30.0 Å². The minimum atomic E-state index is 0.683. The van der Waals surface area contributed by atoms with Crippen molar-refractivity contribution in [2.45, 2.75) is 12.8 Å². The first-order chi connectivity index (χ1) is 9.29. The highest BCUT2D eigenvalue weighted by Crippen LogP contribution is 2.19. The van der Waals surface area contributed by atoms with Crippen LogP contribution in [-0.4, -0.2) is 13.7 Å². The van der Waals surface area contributed by atoms with Gasteiger partial charge in [0.05, 0.1) is 13.7 Å². The van der Waals surface area contributed by atoms with Gasteiger partial charge < -0.3 is 15.2 Å². The predicted octanol–water partition coefficient (Wildman–Crippen LogP) is 3.29. The lowest BCUT2D eigenvalue weighted by atomic mass is 10.1. The topological polar surface area (TPSA) is 44.5 Å². The second-order valence-electron chi connectivity index (χ2n) is 4.33. The van der Waals surface area contributed by atoms with Gasteiger partial charge in [-0.15, -0.1) is 0 Å². The fraction of sp³-hybridized carbons (Fsp3) is 0.250. The van der Waals surface area contributed by atoms with Crippen LogP contribution in [0.3, 0.4) is 0 Å². The molecular formula is C16H19NO2. The van der Waals surface area contributed by atoms with Crippen LogP contribution in [0.5, 0.6) is 11.5 Å². The van der Waals surface area contributed by atoms with Crippen LogP contribution < -0.4 is 15.2 Å². The van der Waals surface area contributed by atoms with Crippen LogP contribution in [0.1, 0.15) is 12.0 Å². The summed E-state index contributed by atoms with van der Waals surface area (Å²) >= 11 is 0. The fourth-order valence-electron chi connectivity index (χ4n) is 1.93. The fourth-order valence-corrected chi connectivity index (χ4v) is 1.93. The highest BCUT2D eigenvalue weighted by molar-refractivity contribution is 5.41. The average molecular weight is 257 g/mol. The van der Waals surface area contributed by atoms with Crippen LogP contribution >= 0.6 is 0 Å². The van der Waals surface area contributed by atoms with E-state index < -0.39 is 0 Å². The first kappa shape index (κ1) is 13.3. The van der Waals surface area contributed by atoms with E-state index in [2.05, 4.69) is 6.07 Å². The molecule has 0 radical (unpaired) electrons. The molecule has 0 aliphatic heterocycles. The lowest BCUT2D eigenvalue weighted by molar-refractivity contribution is 0.310. The number of benzene rings is 2. The Morgan fingerprint density at radius 2 is 1.74 bits per heavy atom. The van der Waals surface area contributed by atoms with Gasteiger partial charge >= 0.3 is 0 Å². The summed E-state index contributed by atoms with van der Waals surface area (Å²) < 4.78 is 11.0. The molecule has 100 valence electrons. The third-order valence-electron chi connectivity index (χ3n) is 2.93. The molecule has 3 nitrogen and oxygen atoms in total. The summed E-state index contributed by atoms with van der Waals surface area (Å²) in [5.74, 6) is 1.80. The zero-order valence-electron chi connectivity index (χ0n) is 11.1. The molecule has 2 N–H and O–H groups in total. The number of hydrogen-bond donors (Lipinski definition) is 1. The number of nitrogen functional groups attached to an aromatic ring is 1. The van der Waals surface area contributed by atoms with Gasteiger partial charge in [-0.2, -0.15) is 0 Å². The smallest absolute Gasteiger partial charge is 0.122 e. The lowest BCUT2D eigenvalue weighted by Gasteiger charge is -2.09. The Kier molecular flexibility index (Phi) is 4.67. The Morgan fingerprint density at radius 1 is 1.00 bits per heavy atom. The van der Waals surface area contributed by atoms with Gasteiger partial charge in [0.1, 0.15) is 11.5 Å². The number of nitrogens with two attached hydrogens (primary N) is 1. The zero-order valence-corrected chi connectivity index (χ0v) is 11.1. The van der Waals surface area contributed by atoms with Gasteiger partial charge in [0, 0.05) is 5.69 Å². The molecule has 2 rings (SSSR count). The molecule has 3 heteroatoms. The van der Waals surface area contributed by atoms with Crippen molar-refractivity contribution in [2.75, 3.05) is 19.5 Å². The van der Waals surface area contributed by atoms with Crippen LogP contribution in [0.4, 0.5) is 5.69 Å². The van der Waals surface area contributed by atoms with E-state index in [1.807, 2.05) is 42.5 Å². The predicted molar refractivity (Wildman–Crippen MR) is 77.7 cm³/mol. The van der Waals surface area contributed by atoms with Gasteiger partial charge in [-0.1, -0.05) is 18.2 Å². The SMILES string of the molecule is COc1ccccc1CCCOc1ccc(N)cc1. The average Bonchev–Trinajstić information content (AvgIpc) is 2.46. The third-order valence-corrected chi connectivity index (χ3v) is 2.93. The van der Waals surface area contributed by atoms with Gasteiger partial charge in [-0.3, -0.25) is 0 Å². The first-order valence-electron chi connectivity index (χ1n) is 6.40. The van der Waals surface area contributed by atoms with Gasteiger partial charge in [0.15, 0.2) is 0 Å². The number of para-hydroxylation sites is 1. The quantitative estimate of drug-likeness (QED) is 0.638. The van der Waals surface area contributed by atoms with Crippen molar-refractivity contribution in [2.24, 2.45) is 0 Å². The summed E-state index contributed by atoms with van der Waals surface area (Å²) in [5.41, 5.74) is 7.59. The van der Waals surface area contributed by atoms with E-state index in [4.69, 9.17) is 15.2 Å². The number of methoxy groups -OCH3 is 1. The van der Waals surface area contributed by atoms with E-state index in [1.54, 1.807) is 7.11 Å². The summed E-state index contributed by atoms with van der Waals surface area (Å²) in [6.45, 7) is 0.683. The Labute approximate surface area is 114 Å². The Morgan fingerprint density at radius 3 is 2.47 bits per heavy atom. The minimum absolute atomic E-state index is 0.683. The van der Waals surface area contributed by atoms with E-state index in [1.165, 1.54) is 5.56 Å². The van der Waals surface area contributed by atoms with Gasteiger partial charge in [-0.25, -0.2) is 0 Å². The molecule has 0 amide bonds. The molecule has 0 aromatic heterocycles. The second kappa shape index (κ2) is 6.69. The normalized spacial score (nSPS) is 10.2. The molecule has 0 aliphatic carbocycles. The molecule has 0 spiro atoms. The van der Waals surface area contributed by atoms with Crippen LogP contribution in [0.15, 0.2) is 48.5 Å². The Bertz CT molecular complexity index is 508. The molecule has 0 bridgehead atoms. The summed E-state index contributed by atoms with van der Waals surface area (Å²) in [6, 6.07) is 15.5. The molecule has 19 heavy (non-hydrogen) atoms. The monoisotopic (exact) mass is 257 g/mol. The maximum Gasteiger partial charge on any atom is 0.122 e. The summed E-state index contributed by atoms with van der Waals surface area (Å²) in [4.78, 5) is 0. The van der Waals surface area contributed by atoms with Crippen molar-refractivity contribution < 1.29 is 9.47 Å². The van der Waals surface area contributed by atoms with E-state index in [0.29, 0.717) is 6.61 Å². The number of rotatable bonds is 6. The molecule has 0 saturated carbocycles.